The lowest BCUT2D eigenvalue weighted by molar-refractivity contribution is -0.148. The maximum Gasteiger partial charge on any atom is 0.224 e. The van der Waals surface area contributed by atoms with Crippen molar-refractivity contribution in [3.05, 3.63) is 42.2 Å². The van der Waals surface area contributed by atoms with Crippen LogP contribution in [0.4, 0.5) is 0 Å². The van der Waals surface area contributed by atoms with E-state index in [0.717, 1.165) is 23.5 Å². The van der Waals surface area contributed by atoms with E-state index in [2.05, 4.69) is 38.6 Å². The van der Waals surface area contributed by atoms with Crippen LogP contribution in [0.25, 0.3) is 10.8 Å². The van der Waals surface area contributed by atoms with Gasteiger partial charge in [0.05, 0.1) is 6.54 Å². The van der Waals surface area contributed by atoms with E-state index in [4.69, 9.17) is 4.84 Å². The summed E-state index contributed by atoms with van der Waals surface area (Å²) in [5, 5.41) is 10.2. The Balaban J connectivity index is 1.46. The molecule has 3 saturated heterocycles. The van der Waals surface area contributed by atoms with Crippen LogP contribution in [0, 0.1) is 5.92 Å². The molecule has 1 spiro atoms. The van der Waals surface area contributed by atoms with Crippen molar-refractivity contribution in [2.45, 2.75) is 18.6 Å². The second-order valence-corrected chi connectivity index (χ2v) is 6.51. The minimum atomic E-state index is -0.334. The molecule has 0 radical (unpaired) electrons. The first kappa shape index (κ1) is 12.4. The number of hydrogen-bond donors (Lipinski definition) is 1. The molecule has 1 aromatic carbocycles. The van der Waals surface area contributed by atoms with E-state index in [0.29, 0.717) is 5.92 Å². The molecule has 1 aromatic heterocycles. The number of oxime groups is 1. The van der Waals surface area contributed by atoms with Gasteiger partial charge in [-0.05, 0) is 37.4 Å². The van der Waals surface area contributed by atoms with Gasteiger partial charge in [-0.3, -0.25) is 9.88 Å². The number of benzene rings is 1. The molecule has 1 N–H and O–H groups in total. The zero-order chi connectivity index (χ0) is 14.6. The Morgan fingerprint density at radius 3 is 2.77 bits per heavy atom. The highest BCUT2D eigenvalue weighted by molar-refractivity contribution is 6.00. The Morgan fingerprint density at radius 1 is 1.18 bits per heavy atom. The molecule has 5 heterocycles. The van der Waals surface area contributed by atoms with Crippen LogP contribution in [-0.4, -0.2) is 41.1 Å². The fourth-order valence-corrected chi connectivity index (χ4v) is 3.96. The van der Waals surface area contributed by atoms with Crippen molar-refractivity contribution in [2.24, 2.45) is 11.1 Å². The highest BCUT2D eigenvalue weighted by Crippen LogP contribution is 2.38. The summed E-state index contributed by atoms with van der Waals surface area (Å²) in [7, 11) is 0. The molecule has 0 amide bonds. The summed E-state index contributed by atoms with van der Waals surface area (Å²) >= 11 is 0. The van der Waals surface area contributed by atoms with Crippen molar-refractivity contribution in [1.29, 1.82) is 0 Å². The fraction of sp³-hybridized carbons (Fsp3) is 0.412. The zero-order valence-electron chi connectivity index (χ0n) is 12.3. The number of nitrogens with zero attached hydrogens (tertiary/aromatic N) is 3. The lowest BCUT2D eigenvalue weighted by Gasteiger charge is -2.49. The second kappa shape index (κ2) is 4.43. The number of nitrogens with one attached hydrogen (secondary N) is 1. The molecule has 0 saturated carbocycles. The largest absolute Gasteiger partial charge is 0.364 e. The maximum atomic E-state index is 5.89. The van der Waals surface area contributed by atoms with Gasteiger partial charge < -0.3 is 10.2 Å². The normalized spacial score (nSPS) is 32.8. The van der Waals surface area contributed by atoms with Gasteiger partial charge in [-0.25, -0.2) is 0 Å². The van der Waals surface area contributed by atoms with E-state index in [1.807, 2.05) is 18.3 Å². The Morgan fingerprint density at radius 2 is 2.00 bits per heavy atom. The number of aromatic nitrogens is 1. The molecule has 2 aromatic rings. The van der Waals surface area contributed by atoms with Crippen LogP contribution >= 0.6 is 0 Å². The summed E-state index contributed by atoms with van der Waals surface area (Å²) in [5.74, 6) is 1.30. The third-order valence-corrected chi connectivity index (χ3v) is 5.21. The topological polar surface area (TPSA) is 49.8 Å². The number of rotatable bonds is 1. The van der Waals surface area contributed by atoms with Crippen LogP contribution in [0.3, 0.4) is 0 Å². The third-order valence-electron chi connectivity index (χ3n) is 5.21. The molecule has 3 fully saturated rings. The average molecular weight is 294 g/mol. The molecule has 112 valence electrons. The third kappa shape index (κ3) is 1.75. The highest BCUT2D eigenvalue weighted by atomic mass is 16.7. The highest BCUT2D eigenvalue weighted by Gasteiger charge is 2.52. The van der Waals surface area contributed by atoms with Gasteiger partial charge >= 0.3 is 0 Å². The first-order chi connectivity index (χ1) is 10.8. The van der Waals surface area contributed by atoms with Gasteiger partial charge in [0.25, 0.3) is 0 Å². The SMILES string of the molecule is c1ccc2cc(C3=NO[C@@]4(CN5CCC4CC5)N3)ncc2c1. The van der Waals surface area contributed by atoms with Crippen LogP contribution in [0.2, 0.25) is 0 Å². The predicted octanol–water partition coefficient (Wildman–Crippen LogP) is 1.94. The van der Waals surface area contributed by atoms with E-state index >= 15 is 0 Å². The van der Waals surface area contributed by atoms with Crippen LogP contribution in [0.1, 0.15) is 18.5 Å². The van der Waals surface area contributed by atoms with Gasteiger partial charge in [-0.1, -0.05) is 29.4 Å². The molecule has 5 nitrogen and oxygen atoms in total. The molecule has 22 heavy (non-hydrogen) atoms. The molecule has 4 aliphatic rings. The van der Waals surface area contributed by atoms with Gasteiger partial charge in [0.2, 0.25) is 5.72 Å². The van der Waals surface area contributed by atoms with Gasteiger partial charge in [0.1, 0.15) is 5.69 Å². The number of pyridine rings is 1. The first-order valence-electron chi connectivity index (χ1n) is 7.94. The molecule has 5 heteroatoms. The smallest absolute Gasteiger partial charge is 0.224 e. The summed E-state index contributed by atoms with van der Waals surface area (Å²) < 4.78 is 0. The number of fused-ring (bicyclic) bond motifs is 3. The zero-order valence-corrected chi connectivity index (χ0v) is 12.3. The molecule has 0 unspecified atom stereocenters. The minimum Gasteiger partial charge on any atom is -0.364 e. The minimum absolute atomic E-state index is 0.334. The van der Waals surface area contributed by atoms with Crippen molar-refractivity contribution in [2.75, 3.05) is 19.6 Å². The van der Waals surface area contributed by atoms with Crippen LogP contribution in [0.5, 0.6) is 0 Å². The van der Waals surface area contributed by atoms with E-state index in [-0.39, 0.29) is 5.72 Å². The summed E-state index contributed by atoms with van der Waals surface area (Å²) in [6, 6.07) is 10.3. The maximum absolute atomic E-state index is 5.89. The second-order valence-electron chi connectivity index (χ2n) is 6.51. The number of amidine groups is 1. The van der Waals surface area contributed by atoms with Crippen molar-refractivity contribution < 1.29 is 4.84 Å². The predicted molar refractivity (Wildman–Crippen MR) is 84.4 cm³/mol. The molecule has 4 aliphatic heterocycles. The molecule has 0 aliphatic carbocycles. The van der Waals surface area contributed by atoms with E-state index < -0.39 is 0 Å². The molecular formula is C17H18N4O. The lowest BCUT2D eigenvalue weighted by atomic mass is 9.81. The average Bonchev–Trinajstić information content (AvgIpc) is 2.99. The van der Waals surface area contributed by atoms with E-state index in [9.17, 15) is 0 Å². The molecule has 6 rings (SSSR count). The Bertz CT molecular complexity index is 766. The van der Waals surface area contributed by atoms with Crippen LogP contribution in [0.15, 0.2) is 41.7 Å². The lowest BCUT2D eigenvalue weighted by Crippen LogP contribution is -2.65. The fourth-order valence-electron chi connectivity index (χ4n) is 3.96. The number of hydrogen-bond acceptors (Lipinski definition) is 5. The van der Waals surface area contributed by atoms with Crippen LogP contribution < -0.4 is 5.32 Å². The van der Waals surface area contributed by atoms with Gasteiger partial charge in [-0.2, -0.15) is 0 Å². The van der Waals surface area contributed by atoms with Crippen molar-refractivity contribution in [3.63, 3.8) is 0 Å². The summed E-state index contributed by atoms with van der Waals surface area (Å²) in [5.41, 5.74) is 0.520. The molecule has 2 bridgehead atoms. The summed E-state index contributed by atoms with van der Waals surface area (Å²) in [6.45, 7) is 3.28. The van der Waals surface area contributed by atoms with Gasteiger partial charge in [-0.15, -0.1) is 0 Å². The van der Waals surface area contributed by atoms with Gasteiger partial charge in [0, 0.05) is 17.5 Å². The number of piperidine rings is 3. The van der Waals surface area contributed by atoms with Crippen molar-refractivity contribution in [3.8, 4) is 0 Å². The van der Waals surface area contributed by atoms with Gasteiger partial charge in [0.15, 0.2) is 5.84 Å². The molecular weight excluding hydrogens is 276 g/mol. The monoisotopic (exact) mass is 294 g/mol. The molecule has 1 atom stereocenters. The van der Waals surface area contributed by atoms with E-state index in [1.54, 1.807) is 0 Å². The summed E-state index contributed by atoms with van der Waals surface area (Å²) in [6.07, 6.45) is 4.26. The van der Waals surface area contributed by atoms with Crippen molar-refractivity contribution >= 4 is 16.6 Å². The Labute approximate surface area is 129 Å². The quantitative estimate of drug-likeness (QED) is 0.873. The Hall–Kier alpha value is -2.14. The van der Waals surface area contributed by atoms with Crippen LogP contribution in [-0.2, 0) is 4.84 Å². The first-order valence-corrected chi connectivity index (χ1v) is 7.94. The standard InChI is InChI=1S/C17H18N4O/c1-2-4-13-10-18-15(9-12(13)3-1)16-19-17(22-20-16)11-21-7-5-14(17)6-8-21/h1-4,9-10,14H,5-8,11H2,(H,19,20)/t17-/m1/s1. The summed E-state index contributed by atoms with van der Waals surface area (Å²) in [4.78, 5) is 12.9. The van der Waals surface area contributed by atoms with E-state index in [1.165, 1.54) is 31.3 Å². The Kier molecular flexibility index (Phi) is 2.50. The van der Waals surface area contributed by atoms with Crippen molar-refractivity contribution in [1.82, 2.24) is 15.2 Å².